The minimum Gasteiger partial charge on any atom is -0.353 e. The van der Waals surface area contributed by atoms with Crippen LogP contribution in [0.15, 0.2) is 79.1 Å². The Bertz CT molecular complexity index is 1570. The third-order valence-electron chi connectivity index (χ3n) is 5.83. The Morgan fingerprint density at radius 3 is 2.51 bits per heavy atom. The lowest BCUT2D eigenvalue weighted by Crippen LogP contribution is -2.23. The smallest absolute Gasteiger partial charge is 0.239 e. The molecule has 0 spiro atoms. The average Bonchev–Trinajstić information content (AvgIpc) is 3.27. The van der Waals surface area contributed by atoms with Gasteiger partial charge in [-0.1, -0.05) is 18.2 Å². The second-order valence-electron chi connectivity index (χ2n) is 8.27. The first kappa shape index (κ1) is 24.1. The molecule has 4 heterocycles. The second kappa shape index (κ2) is 10.2. The molecule has 1 amide bonds. The summed E-state index contributed by atoms with van der Waals surface area (Å²) in [6.45, 7) is 0. The molecule has 0 aliphatic carbocycles. The van der Waals surface area contributed by atoms with Gasteiger partial charge in [0.05, 0.1) is 28.4 Å². The number of benzene rings is 1. The fourth-order valence-electron chi connectivity index (χ4n) is 4.15. The van der Waals surface area contributed by atoms with E-state index in [9.17, 15) is 22.4 Å². The summed E-state index contributed by atoms with van der Waals surface area (Å²) in [5, 5.41) is 2.59. The fraction of sp³-hybridized carbons (Fsp3) is 0.111. The van der Waals surface area contributed by atoms with Gasteiger partial charge in [-0.3, -0.25) is 9.78 Å². The van der Waals surface area contributed by atoms with E-state index in [1.165, 1.54) is 24.4 Å². The van der Waals surface area contributed by atoms with Crippen LogP contribution in [0.3, 0.4) is 0 Å². The summed E-state index contributed by atoms with van der Waals surface area (Å²) in [4.78, 5) is 28.8. The molecule has 0 radical (unpaired) electrons. The van der Waals surface area contributed by atoms with Crippen molar-refractivity contribution in [3.8, 4) is 22.5 Å². The lowest BCUT2D eigenvalue weighted by Gasteiger charge is -2.17. The van der Waals surface area contributed by atoms with Gasteiger partial charge in [-0.05, 0) is 54.1 Å². The number of aromatic amines is 1. The fourth-order valence-corrected chi connectivity index (χ4v) is 4.15. The predicted octanol–water partition coefficient (Wildman–Crippen LogP) is 6.83. The van der Waals surface area contributed by atoms with Crippen molar-refractivity contribution in [3.05, 3.63) is 96.5 Å². The molecule has 1 aromatic carbocycles. The number of hydrogen-bond acceptors (Lipinski definition) is 4. The minimum absolute atomic E-state index is 0. The third-order valence-corrected chi connectivity index (χ3v) is 5.83. The van der Waals surface area contributed by atoms with Crippen molar-refractivity contribution in [3.63, 3.8) is 0 Å². The molecule has 1 atom stereocenters. The lowest BCUT2D eigenvalue weighted by atomic mass is 9.95. The monoisotopic (exact) mass is 509 g/mol. The number of alkyl halides is 2. The number of aromatic nitrogens is 4. The van der Waals surface area contributed by atoms with Gasteiger partial charge in [-0.15, -0.1) is 0 Å². The van der Waals surface area contributed by atoms with Gasteiger partial charge in [0.2, 0.25) is 18.3 Å². The van der Waals surface area contributed by atoms with Crippen molar-refractivity contribution < 1.29 is 25.2 Å². The molecular formula is C27H23F4N5O. The molecule has 37 heavy (non-hydrogen) atoms. The average molecular weight is 510 g/mol. The maximum atomic E-state index is 14.0. The van der Waals surface area contributed by atoms with E-state index < -0.39 is 36.4 Å². The Kier molecular flexibility index (Phi) is 6.63. The molecule has 0 saturated carbocycles. The number of nitrogens with zero attached hydrogens (tertiary/aromatic N) is 3. The largest absolute Gasteiger partial charge is 0.353 e. The molecular weight excluding hydrogens is 486 g/mol. The first-order chi connectivity index (χ1) is 17.9. The molecule has 0 aliphatic heterocycles. The summed E-state index contributed by atoms with van der Waals surface area (Å²) in [6.07, 6.45) is -0.429. The molecule has 0 saturated heterocycles. The topological polar surface area (TPSA) is 83.6 Å². The molecule has 0 bridgehead atoms. The number of anilines is 1. The zero-order valence-corrected chi connectivity index (χ0v) is 19.1. The highest BCUT2D eigenvalue weighted by atomic mass is 19.3. The predicted molar refractivity (Wildman–Crippen MR) is 135 cm³/mol. The summed E-state index contributed by atoms with van der Waals surface area (Å²) >= 11 is 0. The van der Waals surface area contributed by atoms with E-state index in [0.29, 0.717) is 33.5 Å². The summed E-state index contributed by atoms with van der Waals surface area (Å²) in [5.74, 6) is -2.99. The molecule has 10 heteroatoms. The minimum atomic E-state index is -2.75. The molecule has 190 valence electrons. The molecule has 0 fully saturated rings. The van der Waals surface area contributed by atoms with Crippen LogP contribution in [0.2, 0.25) is 0 Å². The molecule has 4 aromatic heterocycles. The number of pyridine rings is 3. The van der Waals surface area contributed by atoms with Crippen LogP contribution in [0.5, 0.6) is 0 Å². The summed E-state index contributed by atoms with van der Waals surface area (Å²) in [7, 11) is 0. The van der Waals surface area contributed by atoms with Crippen LogP contribution in [-0.4, -0.2) is 32.3 Å². The zero-order valence-electron chi connectivity index (χ0n) is 19.1. The normalized spacial score (nSPS) is 12.1. The van der Waals surface area contributed by atoms with Crippen molar-refractivity contribution in [1.82, 2.24) is 19.9 Å². The number of hydrogen-bond donors (Lipinski definition) is 2. The van der Waals surface area contributed by atoms with Crippen molar-refractivity contribution in [2.45, 2.75) is 18.8 Å². The number of fused-ring (bicyclic) bond motifs is 1. The Balaban J connectivity index is 0.00000210. The highest BCUT2D eigenvalue weighted by Crippen LogP contribution is 2.37. The van der Waals surface area contributed by atoms with Crippen molar-refractivity contribution in [1.29, 1.82) is 0 Å². The third kappa shape index (κ3) is 5.18. The van der Waals surface area contributed by atoms with E-state index in [4.69, 9.17) is 0 Å². The van der Waals surface area contributed by atoms with Crippen LogP contribution in [0.25, 0.3) is 33.5 Å². The summed E-state index contributed by atoms with van der Waals surface area (Å²) < 4.78 is 53.8. The van der Waals surface area contributed by atoms with Gasteiger partial charge >= 0.3 is 0 Å². The number of carbonyl (C=O) groups is 1. The van der Waals surface area contributed by atoms with Gasteiger partial charge in [0, 0.05) is 27.2 Å². The first-order valence-corrected chi connectivity index (χ1v) is 11.3. The maximum Gasteiger partial charge on any atom is 0.239 e. The maximum absolute atomic E-state index is 14.0. The van der Waals surface area contributed by atoms with Crippen LogP contribution in [0, 0.1) is 11.8 Å². The zero-order chi connectivity index (χ0) is 25.9. The van der Waals surface area contributed by atoms with Crippen LogP contribution in [-0.2, 0) is 4.79 Å². The van der Waals surface area contributed by atoms with E-state index >= 15 is 0 Å². The van der Waals surface area contributed by atoms with Gasteiger partial charge in [0.15, 0.2) is 0 Å². The highest BCUT2D eigenvalue weighted by Gasteiger charge is 2.26. The summed E-state index contributed by atoms with van der Waals surface area (Å²) in [5.41, 5.74) is 3.47. The van der Waals surface area contributed by atoms with Crippen LogP contribution in [0.4, 0.5) is 23.4 Å². The molecule has 5 rings (SSSR count). The Morgan fingerprint density at radius 1 is 0.973 bits per heavy atom. The van der Waals surface area contributed by atoms with Crippen molar-refractivity contribution >= 4 is 22.8 Å². The number of H-pyrrole nitrogens is 1. The van der Waals surface area contributed by atoms with E-state index in [1.807, 2.05) is 0 Å². The van der Waals surface area contributed by atoms with Gasteiger partial charge in [0.25, 0.3) is 0 Å². The molecule has 0 aliphatic rings. The quantitative estimate of drug-likeness (QED) is 0.186. The van der Waals surface area contributed by atoms with Crippen molar-refractivity contribution in [2.75, 3.05) is 5.32 Å². The lowest BCUT2D eigenvalue weighted by molar-refractivity contribution is -0.118. The number of amides is 1. The van der Waals surface area contributed by atoms with Gasteiger partial charge in [0.1, 0.15) is 17.2 Å². The highest BCUT2D eigenvalue weighted by molar-refractivity contribution is 6.01. The van der Waals surface area contributed by atoms with Gasteiger partial charge < -0.3 is 10.3 Å². The SMILES string of the molecule is O=C(Nc1cc(-c2[nH]c3ccc(F)nc3c2-c2ccccn2)ccn1)C(CC(F)F)c1ccc(F)cc1.[HH].[HH]. The second-order valence-corrected chi connectivity index (χ2v) is 8.27. The molecule has 5 aromatic rings. The number of nitrogens with one attached hydrogen (secondary N) is 2. The number of rotatable bonds is 7. The van der Waals surface area contributed by atoms with Crippen molar-refractivity contribution in [2.24, 2.45) is 0 Å². The first-order valence-electron chi connectivity index (χ1n) is 11.3. The van der Waals surface area contributed by atoms with E-state index in [0.717, 1.165) is 12.1 Å². The van der Waals surface area contributed by atoms with Gasteiger partial charge in [-0.25, -0.2) is 23.1 Å². The van der Waals surface area contributed by atoms with E-state index in [1.54, 1.807) is 42.6 Å². The molecule has 1 unspecified atom stereocenters. The van der Waals surface area contributed by atoms with E-state index in [2.05, 4.69) is 25.3 Å². The Labute approximate surface area is 211 Å². The van der Waals surface area contributed by atoms with Crippen LogP contribution < -0.4 is 5.32 Å². The Hall–Kier alpha value is -4.60. The van der Waals surface area contributed by atoms with Crippen LogP contribution in [0.1, 0.15) is 20.8 Å². The van der Waals surface area contributed by atoms with Crippen LogP contribution >= 0.6 is 0 Å². The Morgan fingerprint density at radius 2 is 1.78 bits per heavy atom. The standard InChI is InChI=1S/C27H19F4N5O.2H2/c28-17-6-4-15(5-7-17)18(14-21(29)30)27(37)36-23-13-16(10-12-33-23)25-24(19-3-1-2-11-32-19)26-20(34-25)8-9-22(31)35-26;;/h1-13,18,21,34H,14H2,(H,33,36,37);2*1H. The molecule has 2 N–H and O–H groups in total. The molecule has 6 nitrogen and oxygen atoms in total. The van der Waals surface area contributed by atoms with E-state index in [-0.39, 0.29) is 14.2 Å². The number of carbonyl (C=O) groups excluding carboxylic acids is 1. The number of halogens is 4. The van der Waals surface area contributed by atoms with Gasteiger partial charge in [-0.2, -0.15) is 4.39 Å². The summed E-state index contributed by atoms with van der Waals surface area (Å²) in [6, 6.07) is 16.2.